The van der Waals surface area contributed by atoms with E-state index in [-0.39, 0.29) is 21.5 Å². The van der Waals surface area contributed by atoms with Crippen molar-refractivity contribution >= 4 is 33.1 Å². The van der Waals surface area contributed by atoms with Crippen molar-refractivity contribution in [2.75, 3.05) is 5.32 Å². The fourth-order valence-electron chi connectivity index (χ4n) is 2.28. The largest absolute Gasteiger partial charge is 0.506 e. The minimum Gasteiger partial charge on any atom is -0.506 e. The minimum atomic E-state index is -3.78. The van der Waals surface area contributed by atoms with Crippen LogP contribution in [0.5, 0.6) is 5.75 Å². The lowest BCUT2D eigenvalue weighted by molar-refractivity contribution is -0.266. The Bertz CT molecular complexity index is 1040. The van der Waals surface area contributed by atoms with Gasteiger partial charge in [0.15, 0.2) is 0 Å². The van der Waals surface area contributed by atoms with E-state index < -0.39 is 10.0 Å². The number of anilines is 1. The first-order valence-corrected chi connectivity index (χ1v) is 9.57. The van der Waals surface area contributed by atoms with E-state index >= 15 is 0 Å². The van der Waals surface area contributed by atoms with Crippen molar-refractivity contribution in [3.8, 4) is 5.75 Å². The summed E-state index contributed by atoms with van der Waals surface area (Å²) in [5, 5.41) is 12.7. The molecule has 26 heavy (non-hydrogen) atoms. The second kappa shape index (κ2) is 7.59. The predicted molar refractivity (Wildman–Crippen MR) is 102 cm³/mol. The molecule has 0 radical (unpaired) electrons. The number of aromatic hydroxyl groups is 1. The molecule has 3 aromatic carbocycles. The highest BCUT2D eigenvalue weighted by atomic mass is 35.5. The quantitative estimate of drug-likeness (QED) is 0.365. The third kappa shape index (κ3) is 4.22. The number of phenols is 1. The molecule has 0 aliphatic heterocycles. The van der Waals surface area contributed by atoms with E-state index in [1.165, 1.54) is 24.3 Å². The van der Waals surface area contributed by atoms with Crippen molar-refractivity contribution in [3.05, 3.63) is 89.4 Å². The maximum Gasteiger partial charge on any atom is 0.328 e. The van der Waals surface area contributed by atoms with Crippen LogP contribution < -0.4 is 9.71 Å². The van der Waals surface area contributed by atoms with Crippen LogP contribution in [-0.2, 0) is 10.0 Å². The highest BCUT2D eigenvalue weighted by Gasteiger charge is 2.20. The Morgan fingerprint density at radius 3 is 2.15 bits per heavy atom. The maximum absolute atomic E-state index is 12.7. The van der Waals surface area contributed by atoms with Crippen LogP contribution in [0.15, 0.2) is 83.8 Å². The molecular weight excluding hydrogens is 372 g/mol. The molecule has 5 nitrogen and oxygen atoms in total. The number of benzene rings is 3. The zero-order valence-electron chi connectivity index (χ0n) is 13.6. The molecule has 0 saturated heterocycles. The molecule has 3 aromatic rings. The van der Waals surface area contributed by atoms with Crippen LogP contribution in [0.1, 0.15) is 5.56 Å². The summed E-state index contributed by atoms with van der Waals surface area (Å²) in [6, 6.07) is 21.6. The predicted octanol–water partition coefficient (Wildman–Crippen LogP) is 2.37. The van der Waals surface area contributed by atoms with Crippen LogP contribution in [0, 0.1) is 0 Å². The Balaban J connectivity index is 2.05. The summed E-state index contributed by atoms with van der Waals surface area (Å²) >= 11 is 5.93. The number of halogens is 1. The molecule has 0 unspecified atom stereocenters. The van der Waals surface area contributed by atoms with Crippen LogP contribution in [0.3, 0.4) is 0 Å². The number of hydrogen-bond donors (Lipinski definition) is 3. The first-order valence-electron chi connectivity index (χ1n) is 7.71. The molecule has 0 heterocycles. The summed E-state index contributed by atoms with van der Waals surface area (Å²) < 4.78 is 28.0. The number of hydrogen-bond acceptors (Lipinski definition) is 3. The fraction of sp³-hybridized carbons (Fsp3) is 0. The molecule has 3 N–H and O–H groups in total. The molecule has 0 aromatic heterocycles. The number of nitrogens with one attached hydrogen (secondary N) is 2. The minimum absolute atomic E-state index is 0.0525. The summed E-state index contributed by atoms with van der Waals surface area (Å²) in [4.78, 5) is 0.152. The molecule has 0 saturated carbocycles. The van der Waals surface area contributed by atoms with Gasteiger partial charge in [-0.3, -0.25) is 0 Å². The Kier molecular flexibility index (Phi) is 5.25. The molecule has 0 aliphatic carbocycles. The van der Waals surface area contributed by atoms with Crippen LogP contribution >= 0.6 is 11.6 Å². The molecule has 0 aliphatic rings. The molecule has 0 bridgehead atoms. The van der Waals surface area contributed by atoms with Crippen molar-refractivity contribution in [2.24, 2.45) is 0 Å². The standard InChI is InChI=1S/C19H15ClN2O3S/c20-17-13-15(11-12-18(17)23)21-19(14-7-3-1-4-8-14)22-26(24,25)16-9-5-2-6-10-16/h1-13,23H,(H,21,22)/p+1. The van der Waals surface area contributed by atoms with E-state index in [9.17, 15) is 13.5 Å². The monoisotopic (exact) mass is 387 g/mol. The maximum atomic E-state index is 12.7. The van der Waals surface area contributed by atoms with Crippen molar-refractivity contribution < 1.29 is 17.9 Å². The smallest absolute Gasteiger partial charge is 0.328 e. The highest BCUT2D eigenvalue weighted by Crippen LogP contribution is 2.26. The summed E-state index contributed by atoms with van der Waals surface area (Å²) in [5.74, 6) is 0.222. The number of phenolic OH excluding ortho intramolecular Hbond substituents is 1. The van der Waals surface area contributed by atoms with Gasteiger partial charge in [0, 0.05) is 6.07 Å². The van der Waals surface area contributed by atoms with Gasteiger partial charge in [-0.2, -0.15) is 12.8 Å². The average Bonchev–Trinajstić information content (AvgIpc) is 2.65. The van der Waals surface area contributed by atoms with Crippen molar-refractivity contribution in [1.29, 1.82) is 0 Å². The van der Waals surface area contributed by atoms with Gasteiger partial charge in [-0.25, -0.2) is 5.32 Å². The van der Waals surface area contributed by atoms with Gasteiger partial charge in [-0.1, -0.05) is 48.0 Å². The van der Waals surface area contributed by atoms with Crippen molar-refractivity contribution in [1.82, 2.24) is 0 Å². The van der Waals surface area contributed by atoms with E-state index in [0.29, 0.717) is 11.3 Å². The summed E-state index contributed by atoms with van der Waals surface area (Å²) in [6.45, 7) is 0. The highest BCUT2D eigenvalue weighted by molar-refractivity contribution is 7.84. The molecule has 132 valence electrons. The lowest BCUT2D eigenvalue weighted by Crippen LogP contribution is -2.78. The summed E-state index contributed by atoms with van der Waals surface area (Å²) in [7, 11) is -3.78. The topological polar surface area (TPSA) is 80.4 Å². The van der Waals surface area contributed by atoms with Crippen LogP contribution in [0.2, 0.25) is 5.02 Å². The van der Waals surface area contributed by atoms with Gasteiger partial charge in [-0.05, 0) is 36.4 Å². The molecule has 0 fully saturated rings. The second-order valence-electron chi connectivity index (χ2n) is 5.45. The van der Waals surface area contributed by atoms with E-state index in [1.54, 1.807) is 48.5 Å². The van der Waals surface area contributed by atoms with Crippen LogP contribution in [0.4, 0.5) is 5.69 Å². The van der Waals surface area contributed by atoms with Gasteiger partial charge in [0.1, 0.15) is 16.3 Å². The lowest BCUT2D eigenvalue weighted by Gasteiger charge is -2.05. The van der Waals surface area contributed by atoms with Crippen LogP contribution in [-0.4, -0.2) is 19.4 Å². The Labute approximate surface area is 156 Å². The van der Waals surface area contributed by atoms with Gasteiger partial charge < -0.3 is 5.11 Å². The van der Waals surface area contributed by atoms with Gasteiger partial charge in [0.05, 0.1) is 10.6 Å². The Morgan fingerprint density at radius 1 is 0.923 bits per heavy atom. The Hall–Kier alpha value is -2.83. The van der Waals surface area contributed by atoms with Crippen molar-refractivity contribution in [3.63, 3.8) is 0 Å². The Morgan fingerprint density at radius 2 is 1.54 bits per heavy atom. The molecule has 0 amide bonds. The fourth-order valence-corrected chi connectivity index (χ4v) is 3.53. The molecular formula is C19H16ClN2O3S+. The van der Waals surface area contributed by atoms with E-state index in [1.807, 2.05) is 6.07 Å². The molecule has 0 spiro atoms. The summed E-state index contributed by atoms with van der Waals surface area (Å²) in [6.07, 6.45) is 0. The zero-order valence-corrected chi connectivity index (χ0v) is 15.1. The van der Waals surface area contributed by atoms with Crippen molar-refractivity contribution in [2.45, 2.75) is 4.90 Å². The van der Waals surface area contributed by atoms with Gasteiger partial charge in [-0.15, -0.1) is 0 Å². The first kappa shape index (κ1) is 18.0. The second-order valence-corrected chi connectivity index (χ2v) is 7.54. The first-order chi connectivity index (χ1) is 12.5. The van der Waals surface area contributed by atoms with E-state index in [4.69, 9.17) is 11.6 Å². The molecule has 3 rings (SSSR count). The van der Waals surface area contributed by atoms with E-state index in [0.717, 1.165) is 0 Å². The lowest BCUT2D eigenvalue weighted by atomic mass is 10.2. The van der Waals surface area contributed by atoms with Crippen LogP contribution in [0.25, 0.3) is 0 Å². The number of amidine groups is 1. The van der Waals surface area contributed by atoms with Gasteiger partial charge in [0.2, 0.25) is 0 Å². The summed E-state index contributed by atoms with van der Waals surface area (Å²) in [5.41, 5.74) is 1.18. The third-order valence-corrected chi connectivity index (χ3v) is 5.24. The number of sulfonamides is 1. The van der Waals surface area contributed by atoms with Gasteiger partial charge >= 0.3 is 10.0 Å². The van der Waals surface area contributed by atoms with Gasteiger partial charge in [0.25, 0.3) is 5.84 Å². The third-order valence-electron chi connectivity index (χ3n) is 3.57. The zero-order chi connectivity index (χ0) is 18.6. The molecule has 0 atom stereocenters. The normalized spacial score (nSPS) is 12.0. The SMILES string of the molecule is O=S(=O)([NH+]=C(Nc1ccc(O)c(Cl)c1)c1ccccc1)c1ccccc1. The average molecular weight is 388 g/mol. The molecule has 7 heteroatoms. The number of rotatable bonds is 4. The van der Waals surface area contributed by atoms with E-state index in [2.05, 4.69) is 9.71 Å².